The summed E-state index contributed by atoms with van der Waals surface area (Å²) in [7, 11) is 0. The van der Waals surface area contributed by atoms with Crippen LogP contribution < -0.4 is 10.6 Å². The van der Waals surface area contributed by atoms with Crippen LogP contribution in [-0.4, -0.2) is 30.1 Å². The van der Waals surface area contributed by atoms with Crippen LogP contribution in [0.4, 0.5) is 9.80 Å². The summed E-state index contributed by atoms with van der Waals surface area (Å²) in [6.07, 6.45) is -0.247. The number of halogens is 2. The van der Waals surface area contributed by atoms with Gasteiger partial charge < -0.3 is 24.7 Å². The largest absolute Gasteiger partial charge is 0.457 e. The molecule has 5 rings (SSSR count). The number of hydrogen-bond donors (Lipinski definition) is 2. The number of nitrogens with zero attached hydrogens (tertiary/aromatic N) is 1. The van der Waals surface area contributed by atoms with E-state index in [2.05, 4.69) is 10.6 Å². The monoisotopic (exact) mass is 491 g/mol. The lowest BCUT2D eigenvalue weighted by Crippen LogP contribution is -2.39. The number of carbonyl (C=O) groups is 2. The number of benzene rings is 1. The average molecular weight is 492 g/mol. The topological polar surface area (TPSA) is 83.8 Å². The van der Waals surface area contributed by atoms with E-state index in [-0.39, 0.29) is 12.0 Å². The van der Waals surface area contributed by atoms with Gasteiger partial charge in [-0.25, -0.2) is 4.79 Å². The third kappa shape index (κ3) is 3.62. The van der Waals surface area contributed by atoms with Crippen molar-refractivity contribution in [2.45, 2.75) is 26.1 Å². The average Bonchev–Trinajstić information content (AvgIpc) is 3.40. The molecule has 10 heteroatoms. The van der Waals surface area contributed by atoms with Gasteiger partial charge in [0.05, 0.1) is 28.8 Å². The molecule has 166 valence electrons. The van der Waals surface area contributed by atoms with Gasteiger partial charge in [-0.3, -0.25) is 4.79 Å². The molecule has 0 aliphatic carbocycles. The van der Waals surface area contributed by atoms with Gasteiger partial charge in [0, 0.05) is 17.0 Å². The highest BCUT2D eigenvalue weighted by molar-refractivity contribution is 7.16. The van der Waals surface area contributed by atoms with Crippen molar-refractivity contribution in [3.8, 4) is 11.3 Å². The van der Waals surface area contributed by atoms with Crippen LogP contribution in [0.3, 0.4) is 0 Å². The minimum atomic E-state index is -0.525. The summed E-state index contributed by atoms with van der Waals surface area (Å²) in [6.45, 7) is 3.07. The van der Waals surface area contributed by atoms with Gasteiger partial charge in [0.15, 0.2) is 6.17 Å². The standard InChI is InChI=1S/C22H19Cl2N3O4S/c1-2-30-22(29)27-9-8-12-16(10-27)32-21-17(12)20(28)25-19(26-21)15-7-6-14(31-15)11-4-3-5-13(23)18(11)24/h3-7,19,26H,2,8-10H2,1H3,(H,25,28)/t19-/m1/s1. The van der Waals surface area contributed by atoms with Crippen molar-refractivity contribution in [2.24, 2.45) is 0 Å². The molecule has 4 heterocycles. The maximum Gasteiger partial charge on any atom is 0.410 e. The molecule has 0 saturated carbocycles. The number of fused-ring (bicyclic) bond motifs is 3. The lowest BCUT2D eigenvalue weighted by Gasteiger charge is -2.27. The number of nitrogens with one attached hydrogen (secondary N) is 2. The van der Waals surface area contributed by atoms with Gasteiger partial charge in [0.2, 0.25) is 0 Å². The van der Waals surface area contributed by atoms with E-state index >= 15 is 0 Å². The first-order valence-corrected chi connectivity index (χ1v) is 11.7. The molecule has 2 aliphatic heterocycles. The number of amides is 2. The number of rotatable bonds is 3. The second-order valence-electron chi connectivity index (χ2n) is 7.43. The molecule has 0 bridgehead atoms. The van der Waals surface area contributed by atoms with Gasteiger partial charge >= 0.3 is 6.09 Å². The molecule has 7 nitrogen and oxygen atoms in total. The maximum atomic E-state index is 13.0. The zero-order valence-electron chi connectivity index (χ0n) is 17.0. The fourth-order valence-electron chi connectivity index (χ4n) is 3.98. The van der Waals surface area contributed by atoms with E-state index < -0.39 is 6.17 Å². The van der Waals surface area contributed by atoms with Crippen LogP contribution in [-0.2, 0) is 17.7 Å². The minimum absolute atomic E-state index is 0.162. The third-order valence-corrected chi connectivity index (χ3v) is 7.46. The van der Waals surface area contributed by atoms with E-state index in [1.165, 1.54) is 11.3 Å². The van der Waals surface area contributed by atoms with Crippen molar-refractivity contribution in [3.05, 3.63) is 62.1 Å². The highest BCUT2D eigenvalue weighted by Crippen LogP contribution is 2.42. The zero-order chi connectivity index (χ0) is 22.4. The molecule has 32 heavy (non-hydrogen) atoms. The molecule has 2 N–H and O–H groups in total. The Labute approximate surface area is 198 Å². The highest BCUT2D eigenvalue weighted by atomic mass is 35.5. The first-order valence-electron chi connectivity index (χ1n) is 10.1. The third-order valence-electron chi connectivity index (χ3n) is 5.49. The van der Waals surface area contributed by atoms with Crippen LogP contribution in [0, 0.1) is 0 Å². The van der Waals surface area contributed by atoms with Crippen molar-refractivity contribution in [1.82, 2.24) is 10.2 Å². The van der Waals surface area contributed by atoms with Gasteiger partial charge in [-0.2, -0.15) is 0 Å². The number of furan rings is 1. The molecule has 1 aromatic carbocycles. The molecule has 0 unspecified atom stereocenters. The Morgan fingerprint density at radius 1 is 1.28 bits per heavy atom. The second kappa shape index (κ2) is 8.35. The Kier molecular flexibility index (Phi) is 5.53. The van der Waals surface area contributed by atoms with Gasteiger partial charge in [-0.05, 0) is 43.2 Å². The van der Waals surface area contributed by atoms with Crippen molar-refractivity contribution in [3.63, 3.8) is 0 Å². The Balaban J connectivity index is 1.39. The van der Waals surface area contributed by atoms with Gasteiger partial charge in [0.1, 0.15) is 16.5 Å². The number of carbonyl (C=O) groups excluding carboxylic acids is 2. The number of anilines is 1. The zero-order valence-corrected chi connectivity index (χ0v) is 19.4. The Bertz CT molecular complexity index is 1220. The molecule has 2 amide bonds. The van der Waals surface area contributed by atoms with Gasteiger partial charge in [-0.1, -0.05) is 29.3 Å². The van der Waals surface area contributed by atoms with E-state index in [0.29, 0.717) is 58.8 Å². The predicted octanol–water partition coefficient (Wildman–Crippen LogP) is 5.68. The summed E-state index contributed by atoms with van der Waals surface area (Å²) in [5, 5.41) is 7.95. The molecule has 2 aromatic heterocycles. The summed E-state index contributed by atoms with van der Waals surface area (Å²) in [5.41, 5.74) is 2.31. The van der Waals surface area contributed by atoms with E-state index in [4.69, 9.17) is 32.4 Å². The van der Waals surface area contributed by atoms with Crippen LogP contribution in [0.1, 0.15) is 39.6 Å². The summed E-state index contributed by atoms with van der Waals surface area (Å²) >= 11 is 13.9. The lowest BCUT2D eigenvalue weighted by atomic mass is 10.0. The van der Waals surface area contributed by atoms with Crippen molar-refractivity contribution in [1.29, 1.82) is 0 Å². The molecule has 0 spiro atoms. The quantitative estimate of drug-likeness (QED) is 0.491. The number of thiophene rings is 1. The smallest absolute Gasteiger partial charge is 0.410 e. The molecule has 2 aliphatic rings. The summed E-state index contributed by atoms with van der Waals surface area (Å²) in [4.78, 5) is 27.7. The van der Waals surface area contributed by atoms with E-state index in [9.17, 15) is 9.59 Å². The number of ether oxygens (including phenoxy) is 1. The normalized spacial score (nSPS) is 17.3. The van der Waals surface area contributed by atoms with E-state index in [0.717, 1.165) is 15.4 Å². The van der Waals surface area contributed by atoms with Gasteiger partial charge in [-0.15, -0.1) is 11.3 Å². The molecule has 0 saturated heterocycles. The summed E-state index contributed by atoms with van der Waals surface area (Å²) in [5.74, 6) is 0.948. The summed E-state index contributed by atoms with van der Waals surface area (Å²) in [6, 6.07) is 8.93. The summed E-state index contributed by atoms with van der Waals surface area (Å²) < 4.78 is 11.1. The van der Waals surface area contributed by atoms with Crippen molar-refractivity contribution >= 4 is 51.5 Å². The van der Waals surface area contributed by atoms with E-state index in [1.807, 2.05) is 6.07 Å². The van der Waals surface area contributed by atoms with Crippen molar-refractivity contribution in [2.75, 3.05) is 18.5 Å². The highest BCUT2D eigenvalue weighted by Gasteiger charge is 2.35. The first kappa shape index (κ1) is 21.2. The molecule has 3 aromatic rings. The maximum absolute atomic E-state index is 13.0. The van der Waals surface area contributed by atoms with Crippen molar-refractivity contribution < 1.29 is 18.7 Å². The van der Waals surface area contributed by atoms with Crippen LogP contribution >= 0.6 is 34.5 Å². The van der Waals surface area contributed by atoms with Gasteiger partial charge in [0.25, 0.3) is 5.91 Å². The van der Waals surface area contributed by atoms with Crippen LogP contribution in [0.5, 0.6) is 0 Å². The molecule has 0 fully saturated rings. The predicted molar refractivity (Wildman–Crippen MR) is 123 cm³/mol. The Morgan fingerprint density at radius 3 is 2.94 bits per heavy atom. The van der Waals surface area contributed by atoms with E-state index in [1.54, 1.807) is 36.1 Å². The fraction of sp³-hybridized carbons (Fsp3) is 0.273. The Hall–Kier alpha value is -2.68. The molecular formula is C22H19Cl2N3O4S. The lowest BCUT2D eigenvalue weighted by molar-refractivity contribution is 0.0929. The number of hydrogen-bond acceptors (Lipinski definition) is 6. The van der Waals surface area contributed by atoms with Crippen LogP contribution in [0.15, 0.2) is 34.7 Å². The molecule has 0 radical (unpaired) electrons. The molecular weight excluding hydrogens is 473 g/mol. The van der Waals surface area contributed by atoms with Crippen LogP contribution in [0.25, 0.3) is 11.3 Å². The van der Waals surface area contributed by atoms with Crippen LogP contribution in [0.2, 0.25) is 10.0 Å². The SMILES string of the molecule is CCOC(=O)N1CCc2c(sc3c2C(=O)N[C@@H](c2ccc(-c4cccc(Cl)c4Cl)o2)N3)C1. The Morgan fingerprint density at radius 2 is 2.12 bits per heavy atom. The second-order valence-corrected chi connectivity index (χ2v) is 9.32. The molecule has 1 atom stereocenters. The minimum Gasteiger partial charge on any atom is -0.457 e. The fourth-order valence-corrected chi connectivity index (χ4v) is 5.66. The first-order chi connectivity index (χ1) is 15.5.